The van der Waals surface area contributed by atoms with Crippen molar-refractivity contribution < 1.29 is 9.53 Å². The number of hydrogen-bond donors (Lipinski definition) is 1. The van der Waals surface area contributed by atoms with Gasteiger partial charge in [-0.15, -0.1) is 0 Å². The van der Waals surface area contributed by atoms with E-state index < -0.39 is 0 Å². The van der Waals surface area contributed by atoms with Crippen LogP contribution in [0.1, 0.15) is 44.5 Å². The van der Waals surface area contributed by atoms with Crippen molar-refractivity contribution in [2.75, 3.05) is 13.2 Å². The molecule has 5 heteroatoms. The summed E-state index contributed by atoms with van der Waals surface area (Å²) >= 11 is 0. The van der Waals surface area contributed by atoms with Crippen molar-refractivity contribution >= 4 is 16.9 Å². The Morgan fingerprint density at radius 3 is 2.73 bits per heavy atom. The third kappa shape index (κ3) is 6.09. The van der Waals surface area contributed by atoms with Crippen molar-refractivity contribution in [3.05, 3.63) is 59.9 Å². The lowest BCUT2D eigenvalue weighted by Gasteiger charge is -2.11. The summed E-state index contributed by atoms with van der Waals surface area (Å²) < 4.78 is 8.21. The third-order valence-corrected chi connectivity index (χ3v) is 5.17. The normalized spacial score (nSPS) is 11.2. The number of nitrogens with one attached hydrogen (secondary N) is 1. The number of nitrogens with zero attached hydrogens (tertiary/aromatic N) is 2. The fraction of sp³-hybridized carbons (Fsp3) is 0.440. The number of amides is 1. The lowest BCUT2D eigenvalue weighted by Crippen LogP contribution is -2.28. The van der Waals surface area contributed by atoms with E-state index >= 15 is 0 Å². The first kappa shape index (κ1) is 21.9. The maximum absolute atomic E-state index is 11.7. The van der Waals surface area contributed by atoms with E-state index in [1.165, 1.54) is 11.1 Å². The second kappa shape index (κ2) is 10.8. The molecule has 1 N–H and O–H groups in total. The molecule has 1 aromatic heterocycles. The highest BCUT2D eigenvalue weighted by atomic mass is 16.5. The van der Waals surface area contributed by atoms with Crippen LogP contribution in [0.25, 0.3) is 11.0 Å². The number of ether oxygens (including phenoxy) is 1. The van der Waals surface area contributed by atoms with Gasteiger partial charge in [0, 0.05) is 25.4 Å². The molecule has 5 nitrogen and oxygen atoms in total. The predicted octanol–water partition coefficient (Wildman–Crippen LogP) is 4.91. The summed E-state index contributed by atoms with van der Waals surface area (Å²) in [5, 5.41) is 2.99. The molecule has 160 valence electrons. The van der Waals surface area contributed by atoms with Gasteiger partial charge >= 0.3 is 0 Å². The van der Waals surface area contributed by atoms with Gasteiger partial charge in [-0.1, -0.05) is 38.1 Å². The monoisotopic (exact) mass is 407 g/mol. The number of aromatic nitrogens is 2. The molecule has 1 heterocycles. The Hall–Kier alpha value is -2.82. The quantitative estimate of drug-likeness (QED) is 0.460. The number of unbranched alkanes of at least 4 members (excludes halogenated alkanes) is 1. The number of aryl methyl sites for hydroxylation is 3. The summed E-state index contributed by atoms with van der Waals surface area (Å²) in [6, 6.07) is 16.5. The molecule has 0 saturated carbocycles. The van der Waals surface area contributed by atoms with Gasteiger partial charge in [-0.3, -0.25) is 4.79 Å². The summed E-state index contributed by atoms with van der Waals surface area (Å²) in [4.78, 5) is 16.6. The first-order valence-electron chi connectivity index (χ1n) is 11.0. The van der Waals surface area contributed by atoms with Crippen LogP contribution >= 0.6 is 0 Å². The zero-order valence-electron chi connectivity index (χ0n) is 18.4. The number of carbonyl (C=O) groups is 1. The van der Waals surface area contributed by atoms with Crippen LogP contribution in [-0.2, 0) is 17.8 Å². The minimum atomic E-state index is 0.0246. The van der Waals surface area contributed by atoms with Crippen LogP contribution in [-0.4, -0.2) is 28.6 Å². The highest BCUT2D eigenvalue weighted by molar-refractivity contribution is 5.77. The predicted molar refractivity (Wildman–Crippen MR) is 122 cm³/mol. The molecular formula is C25H33N3O2. The van der Waals surface area contributed by atoms with E-state index in [0.29, 0.717) is 13.2 Å². The van der Waals surface area contributed by atoms with Crippen LogP contribution in [0.2, 0.25) is 0 Å². The molecule has 0 atom stereocenters. The second-order valence-electron chi connectivity index (χ2n) is 8.09. The van der Waals surface area contributed by atoms with E-state index in [-0.39, 0.29) is 11.8 Å². The van der Waals surface area contributed by atoms with E-state index in [9.17, 15) is 4.79 Å². The number of para-hydroxylation sites is 2. The minimum absolute atomic E-state index is 0.0246. The molecule has 3 aromatic rings. The van der Waals surface area contributed by atoms with Crippen molar-refractivity contribution in [2.45, 2.75) is 53.0 Å². The molecule has 0 aliphatic heterocycles. The van der Waals surface area contributed by atoms with Crippen LogP contribution in [0.4, 0.5) is 0 Å². The number of carbonyl (C=O) groups excluding carboxylic acids is 1. The zero-order valence-corrected chi connectivity index (χ0v) is 18.4. The van der Waals surface area contributed by atoms with E-state index in [1.54, 1.807) is 0 Å². The van der Waals surface area contributed by atoms with E-state index in [2.05, 4.69) is 47.1 Å². The van der Waals surface area contributed by atoms with Gasteiger partial charge in [0.15, 0.2) is 0 Å². The molecule has 0 aliphatic rings. The number of imidazole rings is 1. The standard InChI is InChI=1S/C25H33N3O2/c1-19(2)25(29)26-15-9-14-24-27-22-12-4-5-13-23(22)28(24)16-6-7-17-30-21-11-8-10-20(3)18-21/h4-5,8,10-13,18-19H,6-7,9,14-17H2,1-3H3,(H,26,29). The first-order valence-corrected chi connectivity index (χ1v) is 11.0. The largest absolute Gasteiger partial charge is 0.494 e. The summed E-state index contributed by atoms with van der Waals surface area (Å²) in [5.41, 5.74) is 3.43. The van der Waals surface area contributed by atoms with E-state index in [4.69, 9.17) is 9.72 Å². The minimum Gasteiger partial charge on any atom is -0.494 e. The Labute approximate surface area is 179 Å². The van der Waals surface area contributed by atoms with Crippen LogP contribution in [0.5, 0.6) is 5.75 Å². The number of rotatable bonds is 11. The third-order valence-electron chi connectivity index (χ3n) is 5.17. The van der Waals surface area contributed by atoms with Gasteiger partial charge in [0.25, 0.3) is 0 Å². The first-order chi connectivity index (χ1) is 14.5. The average molecular weight is 408 g/mol. The maximum Gasteiger partial charge on any atom is 0.222 e. The highest BCUT2D eigenvalue weighted by Crippen LogP contribution is 2.18. The van der Waals surface area contributed by atoms with Crippen LogP contribution in [0, 0.1) is 12.8 Å². The van der Waals surface area contributed by atoms with Crippen molar-refractivity contribution in [3.63, 3.8) is 0 Å². The molecule has 0 fully saturated rings. The van der Waals surface area contributed by atoms with Gasteiger partial charge in [0.1, 0.15) is 11.6 Å². The molecule has 0 spiro atoms. The number of fused-ring (bicyclic) bond motifs is 1. The summed E-state index contributed by atoms with van der Waals surface area (Å²) in [6.07, 6.45) is 3.76. The summed E-state index contributed by atoms with van der Waals surface area (Å²) in [5.74, 6) is 2.16. The van der Waals surface area contributed by atoms with Crippen LogP contribution in [0.3, 0.4) is 0 Å². The molecule has 2 aromatic carbocycles. The van der Waals surface area contributed by atoms with Crippen LogP contribution < -0.4 is 10.1 Å². The molecule has 0 radical (unpaired) electrons. The van der Waals surface area contributed by atoms with Gasteiger partial charge in [-0.05, 0) is 56.0 Å². The number of benzene rings is 2. The highest BCUT2D eigenvalue weighted by Gasteiger charge is 2.11. The molecule has 0 unspecified atom stereocenters. The molecule has 0 saturated heterocycles. The van der Waals surface area contributed by atoms with Gasteiger partial charge in [0.05, 0.1) is 17.6 Å². The summed E-state index contributed by atoms with van der Waals surface area (Å²) in [6.45, 7) is 8.23. The Morgan fingerprint density at radius 2 is 1.93 bits per heavy atom. The lowest BCUT2D eigenvalue weighted by atomic mass is 10.2. The van der Waals surface area contributed by atoms with Gasteiger partial charge in [-0.25, -0.2) is 4.98 Å². The van der Waals surface area contributed by atoms with Crippen LogP contribution in [0.15, 0.2) is 48.5 Å². The van der Waals surface area contributed by atoms with Crippen molar-refractivity contribution in [3.8, 4) is 5.75 Å². The molecular weight excluding hydrogens is 374 g/mol. The van der Waals surface area contributed by atoms with Gasteiger partial charge in [0.2, 0.25) is 5.91 Å². The Bertz CT molecular complexity index is 962. The maximum atomic E-state index is 11.7. The topological polar surface area (TPSA) is 56.1 Å². The smallest absolute Gasteiger partial charge is 0.222 e. The fourth-order valence-electron chi connectivity index (χ4n) is 3.50. The lowest BCUT2D eigenvalue weighted by molar-refractivity contribution is -0.123. The van der Waals surface area contributed by atoms with E-state index in [1.807, 2.05) is 32.0 Å². The van der Waals surface area contributed by atoms with Gasteiger partial charge < -0.3 is 14.6 Å². The SMILES string of the molecule is Cc1cccc(OCCCCn2c(CCCNC(=O)C(C)C)nc3ccccc32)c1. The molecule has 0 aliphatic carbocycles. The molecule has 3 rings (SSSR count). The Balaban J connectivity index is 1.53. The van der Waals surface area contributed by atoms with E-state index in [0.717, 1.165) is 49.3 Å². The number of hydrogen-bond acceptors (Lipinski definition) is 3. The van der Waals surface area contributed by atoms with Crippen molar-refractivity contribution in [2.24, 2.45) is 5.92 Å². The average Bonchev–Trinajstić information content (AvgIpc) is 3.08. The molecule has 1 amide bonds. The summed E-state index contributed by atoms with van der Waals surface area (Å²) in [7, 11) is 0. The Morgan fingerprint density at radius 1 is 1.10 bits per heavy atom. The fourth-order valence-corrected chi connectivity index (χ4v) is 3.50. The van der Waals surface area contributed by atoms with Crippen molar-refractivity contribution in [1.82, 2.24) is 14.9 Å². The second-order valence-corrected chi connectivity index (χ2v) is 8.09. The Kier molecular flexibility index (Phi) is 7.89. The zero-order chi connectivity index (χ0) is 21.3. The molecule has 30 heavy (non-hydrogen) atoms. The van der Waals surface area contributed by atoms with Crippen molar-refractivity contribution in [1.29, 1.82) is 0 Å². The van der Waals surface area contributed by atoms with Gasteiger partial charge in [-0.2, -0.15) is 0 Å². The molecule has 0 bridgehead atoms.